The largest absolute Gasteiger partial charge is 0.298 e. The Morgan fingerprint density at radius 2 is 2.18 bits per heavy atom. The molecule has 1 amide bonds. The maximum Gasteiger partial charge on any atom is 0.257 e. The van der Waals surface area contributed by atoms with Crippen LogP contribution in [0, 0.1) is 6.92 Å². The number of carbonyl (C=O) groups excluding carboxylic acids is 1. The van der Waals surface area contributed by atoms with E-state index in [1.807, 2.05) is 37.4 Å². The van der Waals surface area contributed by atoms with Gasteiger partial charge in [0.15, 0.2) is 5.13 Å². The molecule has 1 aromatic heterocycles. The summed E-state index contributed by atoms with van der Waals surface area (Å²) >= 11 is 3.10. The number of carbonyl (C=O) groups is 1. The monoisotopic (exact) mass is 264 g/mol. The molecule has 2 rings (SSSR count). The number of thioether (sulfide) groups is 1. The molecule has 0 saturated carbocycles. The minimum Gasteiger partial charge on any atom is -0.298 e. The number of nitrogens with zero attached hydrogens (tertiary/aromatic N) is 1. The lowest BCUT2D eigenvalue weighted by molar-refractivity contribution is 0.102. The minimum absolute atomic E-state index is 0.106. The van der Waals surface area contributed by atoms with Crippen LogP contribution < -0.4 is 5.32 Å². The summed E-state index contributed by atoms with van der Waals surface area (Å²) in [7, 11) is 0. The SMILES string of the molecule is CSc1cnc(NC(=O)c2ccccc2C)s1. The van der Waals surface area contributed by atoms with Gasteiger partial charge in [0.2, 0.25) is 0 Å². The van der Waals surface area contributed by atoms with Gasteiger partial charge in [-0.25, -0.2) is 4.98 Å². The molecule has 88 valence electrons. The van der Waals surface area contributed by atoms with E-state index in [0.717, 1.165) is 9.77 Å². The molecule has 1 heterocycles. The smallest absolute Gasteiger partial charge is 0.257 e. The highest BCUT2D eigenvalue weighted by Gasteiger charge is 2.10. The molecular formula is C12H12N2OS2. The zero-order chi connectivity index (χ0) is 12.3. The van der Waals surface area contributed by atoms with Crippen molar-refractivity contribution in [3.05, 3.63) is 41.6 Å². The number of anilines is 1. The lowest BCUT2D eigenvalue weighted by atomic mass is 10.1. The number of benzene rings is 1. The van der Waals surface area contributed by atoms with Crippen molar-refractivity contribution < 1.29 is 4.79 Å². The maximum absolute atomic E-state index is 12.0. The van der Waals surface area contributed by atoms with Crippen LogP contribution in [0.5, 0.6) is 0 Å². The molecule has 0 unspecified atom stereocenters. The molecule has 3 nitrogen and oxygen atoms in total. The van der Waals surface area contributed by atoms with E-state index in [-0.39, 0.29) is 5.91 Å². The third-order valence-corrected chi connectivity index (χ3v) is 4.26. The van der Waals surface area contributed by atoms with E-state index in [1.165, 1.54) is 11.3 Å². The lowest BCUT2D eigenvalue weighted by Crippen LogP contribution is -2.12. The second-order valence-corrected chi connectivity index (χ2v) is 5.59. The van der Waals surface area contributed by atoms with E-state index in [2.05, 4.69) is 10.3 Å². The summed E-state index contributed by atoms with van der Waals surface area (Å²) in [6.07, 6.45) is 3.75. The van der Waals surface area contributed by atoms with Gasteiger partial charge in [-0.3, -0.25) is 10.1 Å². The Hall–Kier alpha value is -1.33. The Labute approximate surface area is 108 Å². The molecule has 1 aromatic carbocycles. The zero-order valence-corrected chi connectivity index (χ0v) is 11.2. The summed E-state index contributed by atoms with van der Waals surface area (Å²) in [4.78, 5) is 16.1. The summed E-state index contributed by atoms with van der Waals surface area (Å²) in [5, 5.41) is 3.45. The molecule has 0 aliphatic heterocycles. The fraction of sp³-hybridized carbons (Fsp3) is 0.167. The zero-order valence-electron chi connectivity index (χ0n) is 9.56. The van der Waals surface area contributed by atoms with Crippen LogP contribution in [0.4, 0.5) is 5.13 Å². The third kappa shape index (κ3) is 2.87. The van der Waals surface area contributed by atoms with Gasteiger partial charge >= 0.3 is 0 Å². The predicted molar refractivity (Wildman–Crippen MR) is 73.0 cm³/mol. The number of hydrogen-bond acceptors (Lipinski definition) is 4. The Morgan fingerprint density at radius 1 is 1.41 bits per heavy atom. The first-order chi connectivity index (χ1) is 8.20. The van der Waals surface area contributed by atoms with E-state index in [1.54, 1.807) is 18.0 Å². The van der Waals surface area contributed by atoms with Crippen LogP contribution >= 0.6 is 23.1 Å². The average molecular weight is 264 g/mol. The van der Waals surface area contributed by atoms with Gasteiger partial charge in [0.1, 0.15) is 0 Å². The summed E-state index contributed by atoms with van der Waals surface area (Å²) < 4.78 is 1.09. The average Bonchev–Trinajstić information content (AvgIpc) is 2.77. The van der Waals surface area contributed by atoms with Crippen LogP contribution in [0.2, 0.25) is 0 Å². The fourth-order valence-corrected chi connectivity index (χ4v) is 2.68. The normalized spacial score (nSPS) is 10.2. The molecule has 0 saturated heterocycles. The minimum atomic E-state index is -0.106. The van der Waals surface area contributed by atoms with Crippen LogP contribution in [0.1, 0.15) is 15.9 Å². The third-order valence-electron chi connectivity index (χ3n) is 2.30. The Morgan fingerprint density at radius 3 is 2.82 bits per heavy atom. The molecule has 1 N–H and O–H groups in total. The van der Waals surface area contributed by atoms with Crippen LogP contribution in [0.3, 0.4) is 0 Å². The Kier molecular flexibility index (Phi) is 3.81. The van der Waals surface area contributed by atoms with Gasteiger partial charge in [-0.1, -0.05) is 29.5 Å². The topological polar surface area (TPSA) is 42.0 Å². The first-order valence-corrected chi connectivity index (χ1v) is 7.11. The number of aromatic nitrogens is 1. The van der Waals surface area contributed by atoms with Gasteiger partial charge in [0, 0.05) is 5.56 Å². The number of hydrogen-bond donors (Lipinski definition) is 1. The number of nitrogens with one attached hydrogen (secondary N) is 1. The number of amides is 1. The molecule has 0 bridgehead atoms. The van der Waals surface area contributed by atoms with Crippen LogP contribution in [0.15, 0.2) is 34.7 Å². The standard InChI is InChI=1S/C12H12N2OS2/c1-8-5-3-4-6-9(8)11(15)14-12-13-7-10(16-2)17-12/h3-7H,1-2H3,(H,13,14,15). The van der Waals surface area contributed by atoms with Crippen LogP contribution in [-0.2, 0) is 0 Å². The molecule has 5 heteroatoms. The lowest BCUT2D eigenvalue weighted by Gasteiger charge is -2.04. The van der Waals surface area contributed by atoms with Crippen molar-refractivity contribution in [3.8, 4) is 0 Å². The molecule has 0 atom stereocenters. The molecule has 0 aliphatic carbocycles. The van der Waals surface area contributed by atoms with Gasteiger partial charge in [0.25, 0.3) is 5.91 Å². The van der Waals surface area contributed by atoms with Gasteiger partial charge < -0.3 is 0 Å². The van der Waals surface area contributed by atoms with Crippen molar-refractivity contribution in [1.82, 2.24) is 4.98 Å². The molecule has 2 aromatic rings. The van der Waals surface area contributed by atoms with Gasteiger partial charge in [-0.05, 0) is 24.8 Å². The molecule has 0 fully saturated rings. The Bertz CT molecular complexity index is 537. The highest BCUT2D eigenvalue weighted by molar-refractivity contribution is 8.00. The van der Waals surface area contributed by atoms with Crippen molar-refractivity contribution >= 4 is 34.1 Å². The summed E-state index contributed by atoms with van der Waals surface area (Å²) in [6, 6.07) is 7.51. The van der Waals surface area contributed by atoms with Crippen LogP contribution in [0.25, 0.3) is 0 Å². The van der Waals surface area contributed by atoms with Crippen molar-refractivity contribution in [2.75, 3.05) is 11.6 Å². The van der Waals surface area contributed by atoms with Crippen molar-refractivity contribution in [1.29, 1.82) is 0 Å². The Balaban J connectivity index is 2.14. The number of thiazole rings is 1. The first-order valence-electron chi connectivity index (χ1n) is 5.07. The fourth-order valence-electron chi connectivity index (χ4n) is 1.40. The number of aryl methyl sites for hydroxylation is 1. The summed E-state index contributed by atoms with van der Waals surface area (Å²) in [5.41, 5.74) is 1.65. The van der Waals surface area contributed by atoms with E-state index in [0.29, 0.717) is 10.7 Å². The number of rotatable bonds is 3. The maximum atomic E-state index is 12.0. The van der Waals surface area contributed by atoms with E-state index >= 15 is 0 Å². The summed E-state index contributed by atoms with van der Waals surface area (Å²) in [5.74, 6) is -0.106. The quantitative estimate of drug-likeness (QED) is 0.864. The first kappa shape index (κ1) is 12.1. The van der Waals surface area contributed by atoms with E-state index < -0.39 is 0 Å². The van der Waals surface area contributed by atoms with E-state index in [4.69, 9.17) is 0 Å². The molecule has 17 heavy (non-hydrogen) atoms. The molecule has 0 radical (unpaired) electrons. The van der Waals surface area contributed by atoms with Gasteiger partial charge in [-0.15, -0.1) is 11.8 Å². The van der Waals surface area contributed by atoms with Gasteiger partial charge in [-0.2, -0.15) is 0 Å². The van der Waals surface area contributed by atoms with Gasteiger partial charge in [0.05, 0.1) is 10.4 Å². The van der Waals surface area contributed by atoms with Crippen LogP contribution in [-0.4, -0.2) is 17.1 Å². The molecule has 0 aliphatic rings. The second-order valence-electron chi connectivity index (χ2n) is 3.46. The van der Waals surface area contributed by atoms with E-state index in [9.17, 15) is 4.79 Å². The van der Waals surface area contributed by atoms with Crippen molar-refractivity contribution in [2.24, 2.45) is 0 Å². The predicted octanol–water partition coefficient (Wildman–Crippen LogP) is 3.43. The van der Waals surface area contributed by atoms with Crippen molar-refractivity contribution in [3.63, 3.8) is 0 Å². The highest BCUT2D eigenvalue weighted by Crippen LogP contribution is 2.26. The van der Waals surface area contributed by atoms with Crippen molar-refractivity contribution in [2.45, 2.75) is 11.1 Å². The highest BCUT2D eigenvalue weighted by atomic mass is 32.2. The second kappa shape index (κ2) is 5.33. The summed E-state index contributed by atoms with van der Waals surface area (Å²) in [6.45, 7) is 1.92. The molecule has 0 spiro atoms. The molecular weight excluding hydrogens is 252 g/mol.